The summed E-state index contributed by atoms with van der Waals surface area (Å²) < 4.78 is 3.43. The Morgan fingerprint density at radius 1 is 0.919 bits per heavy atom. The van der Waals surface area contributed by atoms with Gasteiger partial charge in [-0.3, -0.25) is 14.4 Å². The summed E-state index contributed by atoms with van der Waals surface area (Å²) >= 11 is 6.22. The highest BCUT2D eigenvalue weighted by molar-refractivity contribution is 7.27. The van der Waals surface area contributed by atoms with E-state index in [1.807, 2.05) is 59.2 Å². The van der Waals surface area contributed by atoms with Crippen LogP contribution in [0.3, 0.4) is 0 Å². The second-order valence-electron chi connectivity index (χ2n) is 8.66. The number of para-hydroxylation sites is 1. The second-order valence-corrected chi connectivity index (χ2v) is 9.76. The largest absolute Gasteiger partial charge is 0.348 e. The van der Waals surface area contributed by atoms with Gasteiger partial charge in [-0.25, -0.2) is 0 Å². The lowest BCUT2D eigenvalue weighted by Gasteiger charge is -2.14. The van der Waals surface area contributed by atoms with Crippen molar-refractivity contribution in [3.05, 3.63) is 140 Å². The van der Waals surface area contributed by atoms with E-state index >= 15 is 0 Å². The van der Waals surface area contributed by atoms with Crippen LogP contribution in [0.25, 0.3) is 16.6 Å². The summed E-state index contributed by atoms with van der Waals surface area (Å²) in [5, 5.41) is 4.84. The fraction of sp³-hybridized carbons (Fsp3) is 0.0690. The Morgan fingerprint density at radius 3 is 2.49 bits per heavy atom. The number of amides is 1. The zero-order valence-corrected chi connectivity index (χ0v) is 21.6. The lowest BCUT2D eigenvalue weighted by Crippen LogP contribution is -2.29. The van der Waals surface area contributed by atoms with Gasteiger partial charge in [-0.05, 0) is 47.3 Å². The summed E-state index contributed by atoms with van der Waals surface area (Å²) in [4.78, 5) is 38.7. The molecule has 0 aliphatic heterocycles. The Hall–Kier alpha value is -3.99. The zero-order valence-electron chi connectivity index (χ0n) is 19.7. The van der Waals surface area contributed by atoms with Crippen molar-refractivity contribution in [2.45, 2.75) is 13.1 Å². The molecule has 0 radical (unpaired) electrons. The monoisotopic (exact) mass is 527 g/mol. The topological polar surface area (TPSA) is 73.1 Å². The van der Waals surface area contributed by atoms with Gasteiger partial charge < -0.3 is 14.5 Å². The molecule has 1 N–H and O–H groups in total. The fourth-order valence-corrected chi connectivity index (χ4v) is 4.72. The van der Waals surface area contributed by atoms with Crippen LogP contribution in [0.4, 0.5) is 0 Å². The predicted octanol–water partition coefficient (Wildman–Crippen LogP) is 4.28. The number of hydrogen-bond donors (Lipinski definition) is 1. The average molecular weight is 528 g/mol. The summed E-state index contributed by atoms with van der Waals surface area (Å²) in [6.07, 6.45) is 3.32. The van der Waals surface area contributed by atoms with Gasteiger partial charge in [-0.1, -0.05) is 54.1 Å². The Morgan fingerprint density at radius 2 is 1.73 bits per heavy atom. The molecule has 37 heavy (non-hydrogen) atoms. The summed E-state index contributed by atoms with van der Waals surface area (Å²) in [6.45, 7) is 0.413. The van der Waals surface area contributed by atoms with Gasteiger partial charge in [0.15, 0.2) is 5.43 Å². The summed E-state index contributed by atoms with van der Waals surface area (Å²) in [6, 6.07) is 25.4. The van der Waals surface area contributed by atoms with Crippen molar-refractivity contribution in [2.24, 2.45) is 0 Å². The summed E-state index contributed by atoms with van der Waals surface area (Å²) in [5.41, 5.74) is 2.70. The van der Waals surface area contributed by atoms with Crippen molar-refractivity contribution >= 4 is 43.0 Å². The van der Waals surface area contributed by atoms with Crippen molar-refractivity contribution < 1.29 is 4.79 Å². The van der Waals surface area contributed by atoms with Crippen LogP contribution in [0.2, 0.25) is 5.02 Å². The minimum absolute atomic E-state index is 0.00705. The molecule has 0 saturated carbocycles. The third-order valence-corrected chi connectivity index (χ3v) is 6.67. The summed E-state index contributed by atoms with van der Waals surface area (Å²) in [7, 11) is 2.64. The van der Waals surface area contributed by atoms with Crippen LogP contribution in [0.15, 0.2) is 107 Å². The minimum atomic E-state index is -0.432. The zero-order chi connectivity index (χ0) is 25.9. The molecule has 0 aliphatic rings. The van der Waals surface area contributed by atoms with Gasteiger partial charge in [-0.2, -0.15) is 0 Å². The van der Waals surface area contributed by atoms with E-state index in [4.69, 9.17) is 11.6 Å². The fourth-order valence-electron chi connectivity index (χ4n) is 4.23. The molecule has 1 atom stereocenters. The molecular formula is C29H23ClN3O3P. The van der Waals surface area contributed by atoms with Gasteiger partial charge in [-0.15, -0.1) is 9.24 Å². The molecule has 0 saturated heterocycles. The first-order chi connectivity index (χ1) is 17.9. The number of carbonyl (C=O) groups is 1. The third-order valence-electron chi connectivity index (χ3n) is 6.08. The van der Waals surface area contributed by atoms with E-state index in [0.29, 0.717) is 28.0 Å². The molecule has 5 aromatic rings. The molecule has 0 aliphatic carbocycles. The number of pyridine rings is 2. The molecule has 184 valence electrons. The number of aromatic nitrogens is 2. The Labute approximate surface area is 220 Å². The number of halogens is 1. The maximum absolute atomic E-state index is 13.2. The van der Waals surface area contributed by atoms with E-state index in [1.54, 1.807) is 41.2 Å². The van der Waals surface area contributed by atoms with Crippen LogP contribution in [-0.4, -0.2) is 15.0 Å². The predicted molar refractivity (Wildman–Crippen MR) is 151 cm³/mol. The van der Waals surface area contributed by atoms with Crippen molar-refractivity contribution in [1.29, 1.82) is 0 Å². The summed E-state index contributed by atoms with van der Waals surface area (Å²) in [5.74, 6) is -0.432. The van der Waals surface area contributed by atoms with Crippen LogP contribution in [-0.2, 0) is 13.1 Å². The van der Waals surface area contributed by atoms with Gasteiger partial charge in [0.25, 0.3) is 11.5 Å². The minimum Gasteiger partial charge on any atom is -0.348 e. The Bertz CT molecular complexity index is 1750. The molecular weight excluding hydrogens is 505 g/mol. The smallest absolute Gasteiger partial charge is 0.251 e. The lowest BCUT2D eigenvalue weighted by atomic mass is 10.1. The number of nitrogens with one attached hydrogen (secondary N) is 1. The van der Waals surface area contributed by atoms with Gasteiger partial charge in [0.2, 0.25) is 0 Å². The highest BCUT2D eigenvalue weighted by Crippen LogP contribution is 2.21. The van der Waals surface area contributed by atoms with Crippen molar-refractivity contribution in [3.63, 3.8) is 0 Å². The Balaban J connectivity index is 1.40. The molecule has 6 nitrogen and oxygen atoms in total. The maximum Gasteiger partial charge on any atom is 0.251 e. The first-order valence-corrected chi connectivity index (χ1v) is 12.6. The number of fused-ring (bicyclic) bond motifs is 1. The van der Waals surface area contributed by atoms with E-state index in [-0.39, 0.29) is 23.1 Å². The van der Waals surface area contributed by atoms with Crippen molar-refractivity contribution in [3.8, 4) is 5.69 Å². The molecule has 1 amide bonds. The molecule has 0 spiro atoms. The number of carbonyl (C=O) groups excluding carboxylic acids is 1. The molecule has 8 heteroatoms. The van der Waals surface area contributed by atoms with Crippen molar-refractivity contribution in [2.75, 3.05) is 0 Å². The quantitative estimate of drug-likeness (QED) is 0.335. The van der Waals surface area contributed by atoms with E-state index in [1.165, 1.54) is 6.07 Å². The highest BCUT2D eigenvalue weighted by Gasteiger charge is 2.13. The molecule has 2 heterocycles. The van der Waals surface area contributed by atoms with Crippen LogP contribution < -0.4 is 21.6 Å². The number of rotatable bonds is 6. The molecule has 2 aromatic heterocycles. The van der Waals surface area contributed by atoms with Gasteiger partial charge in [0, 0.05) is 52.2 Å². The number of hydrogen-bond acceptors (Lipinski definition) is 3. The molecule has 0 fully saturated rings. The molecule has 0 bridgehead atoms. The van der Waals surface area contributed by atoms with Gasteiger partial charge in [0.05, 0.1) is 12.1 Å². The van der Waals surface area contributed by atoms with Gasteiger partial charge >= 0.3 is 0 Å². The van der Waals surface area contributed by atoms with E-state index in [9.17, 15) is 14.4 Å². The van der Waals surface area contributed by atoms with Crippen LogP contribution >= 0.6 is 20.8 Å². The van der Waals surface area contributed by atoms with E-state index in [0.717, 1.165) is 16.6 Å². The Kier molecular flexibility index (Phi) is 7.04. The average Bonchev–Trinajstić information content (AvgIpc) is 2.90. The van der Waals surface area contributed by atoms with Crippen LogP contribution in [0.5, 0.6) is 0 Å². The maximum atomic E-state index is 13.2. The molecule has 1 unspecified atom stereocenters. The van der Waals surface area contributed by atoms with Crippen molar-refractivity contribution in [1.82, 2.24) is 14.5 Å². The van der Waals surface area contributed by atoms with E-state index in [2.05, 4.69) is 14.6 Å². The standard InChI is InChI=1S/C29H23ClN3O3P/c30-22-9-10-25-26(15-22)33(23-6-2-1-3-7-23)18-21(28(25)35)16-31-29(36)20-11-12-32(27(34)14-20)17-19-5-4-8-24(37)13-19/h1-15,18H,16-17,37H2,(H,31,36). The molecule has 3 aromatic carbocycles. The highest BCUT2D eigenvalue weighted by atomic mass is 35.5. The first kappa shape index (κ1) is 24.7. The first-order valence-electron chi connectivity index (χ1n) is 11.6. The van der Waals surface area contributed by atoms with Crippen LogP contribution in [0, 0.1) is 0 Å². The third kappa shape index (κ3) is 5.41. The molecule has 5 rings (SSSR count). The SMILES string of the molecule is O=C(NCc1cn(-c2ccccc2)c2cc(Cl)ccc2c1=O)c1ccn(Cc2cccc(P)c2)c(=O)c1. The van der Waals surface area contributed by atoms with E-state index < -0.39 is 5.91 Å². The lowest BCUT2D eigenvalue weighted by molar-refractivity contribution is 0.0950. The number of nitrogens with zero attached hydrogens (tertiary/aromatic N) is 2. The van der Waals surface area contributed by atoms with Crippen LogP contribution in [0.1, 0.15) is 21.5 Å². The number of benzene rings is 3. The normalized spacial score (nSPS) is 11.0. The van der Waals surface area contributed by atoms with Gasteiger partial charge in [0.1, 0.15) is 0 Å². The second kappa shape index (κ2) is 10.6.